The Balaban J connectivity index is 1.60. The molecule has 1 aliphatic carbocycles. The summed E-state index contributed by atoms with van der Waals surface area (Å²) in [5.41, 5.74) is -0.580. The summed E-state index contributed by atoms with van der Waals surface area (Å²) in [7, 11) is -4.13. The third-order valence-electron chi connectivity index (χ3n) is 7.84. The Hall–Kier alpha value is -2.07. The molecular formula is C26H30ClF2N3O3S. The maximum atomic E-state index is 14.2. The smallest absolute Gasteiger partial charge is 0.243 e. The van der Waals surface area contributed by atoms with Crippen molar-refractivity contribution >= 4 is 27.5 Å². The molecule has 3 unspecified atom stereocenters. The van der Waals surface area contributed by atoms with Gasteiger partial charge in [-0.2, -0.15) is 4.31 Å². The minimum absolute atomic E-state index is 0.00162. The molecule has 2 heterocycles. The molecule has 194 valence electrons. The van der Waals surface area contributed by atoms with Gasteiger partial charge in [0.25, 0.3) is 0 Å². The van der Waals surface area contributed by atoms with E-state index < -0.39 is 39.2 Å². The van der Waals surface area contributed by atoms with E-state index in [-0.39, 0.29) is 22.4 Å². The topological polar surface area (TPSA) is 69.7 Å². The van der Waals surface area contributed by atoms with E-state index in [4.69, 9.17) is 11.6 Å². The highest BCUT2D eigenvalue weighted by Gasteiger charge is 2.62. The van der Waals surface area contributed by atoms with Gasteiger partial charge in [0.1, 0.15) is 11.6 Å². The van der Waals surface area contributed by atoms with Gasteiger partial charge in [0.2, 0.25) is 15.9 Å². The molecule has 2 saturated heterocycles. The number of hydrogen-bond acceptors (Lipinski definition) is 4. The van der Waals surface area contributed by atoms with Crippen LogP contribution in [-0.4, -0.2) is 55.2 Å². The summed E-state index contributed by atoms with van der Waals surface area (Å²) in [6, 6.07) is 7.65. The standard InChI is InChI=1S/C26H30ClF2N3O3S/c1-17-16-30-11-12-31(17)25(33)26(9-10-26)24-4-2-3-23(18-13-20(28)15-21(29)14-18)32(24)36(34,35)22-7-5-19(27)6-8-22/h5-8,13-15,17,23-24,30H,2-4,9-12,16H2,1H3. The normalized spacial score (nSPS) is 26.6. The van der Waals surface area contributed by atoms with Crippen molar-refractivity contribution in [3.63, 3.8) is 0 Å². The number of nitrogens with one attached hydrogen (secondary N) is 1. The number of piperidine rings is 1. The molecule has 36 heavy (non-hydrogen) atoms. The summed E-state index contributed by atoms with van der Waals surface area (Å²) in [5, 5.41) is 3.68. The van der Waals surface area contributed by atoms with Gasteiger partial charge in [0, 0.05) is 42.8 Å². The van der Waals surface area contributed by atoms with Crippen LogP contribution in [0.3, 0.4) is 0 Å². The minimum atomic E-state index is -4.13. The summed E-state index contributed by atoms with van der Waals surface area (Å²) >= 11 is 6.01. The zero-order chi connectivity index (χ0) is 25.7. The third-order valence-corrected chi connectivity index (χ3v) is 10.0. The number of nitrogens with zero attached hydrogens (tertiary/aromatic N) is 2. The fourth-order valence-corrected chi connectivity index (χ4v) is 7.95. The molecule has 2 aromatic rings. The number of hydrogen-bond donors (Lipinski definition) is 1. The van der Waals surface area contributed by atoms with Crippen LogP contribution in [0, 0.1) is 17.0 Å². The highest BCUT2D eigenvalue weighted by Crippen LogP contribution is 2.57. The highest BCUT2D eigenvalue weighted by molar-refractivity contribution is 7.89. The first-order chi connectivity index (χ1) is 17.1. The van der Waals surface area contributed by atoms with E-state index in [1.807, 2.05) is 11.8 Å². The first-order valence-electron chi connectivity index (χ1n) is 12.4. The van der Waals surface area contributed by atoms with E-state index in [2.05, 4.69) is 5.32 Å². The van der Waals surface area contributed by atoms with Crippen molar-refractivity contribution < 1.29 is 22.0 Å². The molecule has 1 saturated carbocycles. The summed E-state index contributed by atoms with van der Waals surface area (Å²) in [5.74, 6) is -1.55. The predicted octanol–water partition coefficient (Wildman–Crippen LogP) is 4.50. The molecule has 6 nitrogen and oxygen atoms in total. The molecule has 0 bridgehead atoms. The predicted molar refractivity (Wildman–Crippen MR) is 133 cm³/mol. The summed E-state index contributed by atoms with van der Waals surface area (Å²) < 4.78 is 58.2. The van der Waals surface area contributed by atoms with Crippen molar-refractivity contribution in [3.05, 3.63) is 64.7 Å². The van der Waals surface area contributed by atoms with E-state index in [9.17, 15) is 22.0 Å². The van der Waals surface area contributed by atoms with Gasteiger partial charge in [-0.05, 0) is 81.0 Å². The lowest BCUT2D eigenvalue weighted by molar-refractivity contribution is -0.142. The zero-order valence-electron chi connectivity index (χ0n) is 20.1. The zero-order valence-corrected chi connectivity index (χ0v) is 21.7. The number of benzene rings is 2. The highest BCUT2D eigenvalue weighted by atomic mass is 35.5. The molecule has 0 aromatic heterocycles. The van der Waals surface area contributed by atoms with Gasteiger partial charge < -0.3 is 10.2 Å². The number of carbonyl (C=O) groups excluding carboxylic acids is 1. The fraction of sp³-hybridized carbons (Fsp3) is 0.500. The quantitative estimate of drug-likeness (QED) is 0.609. The van der Waals surface area contributed by atoms with Crippen LogP contribution < -0.4 is 5.32 Å². The SMILES string of the molecule is CC1CNCCN1C(=O)C1(C2CCCC(c3cc(F)cc(F)c3)N2S(=O)(=O)c2ccc(Cl)cc2)CC1. The van der Waals surface area contributed by atoms with E-state index >= 15 is 0 Å². The fourth-order valence-electron chi connectivity index (χ4n) is 5.89. The molecule has 2 aromatic carbocycles. The molecule has 1 N–H and O–H groups in total. The second-order valence-electron chi connectivity index (χ2n) is 10.2. The van der Waals surface area contributed by atoms with Crippen molar-refractivity contribution in [2.75, 3.05) is 19.6 Å². The summed E-state index contributed by atoms with van der Waals surface area (Å²) in [6.45, 7) is 3.93. The summed E-state index contributed by atoms with van der Waals surface area (Å²) in [6.07, 6.45) is 2.73. The van der Waals surface area contributed by atoms with Crippen molar-refractivity contribution in [2.45, 2.75) is 62.0 Å². The van der Waals surface area contributed by atoms with E-state index in [1.54, 1.807) is 0 Å². The Bertz CT molecular complexity index is 1230. The van der Waals surface area contributed by atoms with E-state index in [1.165, 1.54) is 40.7 Å². The Labute approximate surface area is 215 Å². The number of piperazine rings is 1. The molecule has 3 atom stereocenters. The lowest BCUT2D eigenvalue weighted by Gasteiger charge is -2.46. The van der Waals surface area contributed by atoms with Crippen LogP contribution in [0.1, 0.15) is 50.6 Å². The first kappa shape index (κ1) is 25.6. The van der Waals surface area contributed by atoms with Crippen molar-refractivity contribution in [2.24, 2.45) is 5.41 Å². The number of halogens is 3. The van der Waals surface area contributed by atoms with Crippen LogP contribution in [0.5, 0.6) is 0 Å². The summed E-state index contributed by atoms with van der Waals surface area (Å²) in [4.78, 5) is 15.8. The van der Waals surface area contributed by atoms with Crippen LogP contribution in [0.4, 0.5) is 8.78 Å². The minimum Gasteiger partial charge on any atom is -0.337 e. The van der Waals surface area contributed by atoms with Gasteiger partial charge in [-0.1, -0.05) is 11.6 Å². The number of carbonyl (C=O) groups is 1. The van der Waals surface area contributed by atoms with Gasteiger partial charge in [-0.3, -0.25) is 4.79 Å². The van der Waals surface area contributed by atoms with Crippen molar-refractivity contribution in [1.29, 1.82) is 0 Å². The van der Waals surface area contributed by atoms with Gasteiger partial charge >= 0.3 is 0 Å². The maximum Gasteiger partial charge on any atom is 0.243 e. The average molecular weight is 538 g/mol. The molecule has 3 fully saturated rings. The lowest BCUT2D eigenvalue weighted by atomic mass is 9.83. The first-order valence-corrected chi connectivity index (χ1v) is 14.2. The third kappa shape index (κ3) is 4.55. The van der Waals surface area contributed by atoms with Gasteiger partial charge in [-0.25, -0.2) is 17.2 Å². The second-order valence-corrected chi connectivity index (χ2v) is 12.4. The Morgan fingerprint density at radius 1 is 1.08 bits per heavy atom. The van der Waals surface area contributed by atoms with Gasteiger partial charge in [0.05, 0.1) is 16.4 Å². The van der Waals surface area contributed by atoms with E-state index in [0.29, 0.717) is 56.8 Å². The average Bonchev–Trinajstić information content (AvgIpc) is 3.65. The van der Waals surface area contributed by atoms with Crippen molar-refractivity contribution in [1.82, 2.24) is 14.5 Å². The maximum absolute atomic E-state index is 14.2. The van der Waals surface area contributed by atoms with Crippen LogP contribution in [0.25, 0.3) is 0 Å². The molecule has 0 radical (unpaired) electrons. The van der Waals surface area contributed by atoms with Crippen LogP contribution >= 0.6 is 11.6 Å². The molecule has 10 heteroatoms. The number of rotatable bonds is 5. The number of sulfonamides is 1. The molecule has 5 rings (SSSR count). The lowest BCUT2D eigenvalue weighted by Crippen LogP contribution is -2.59. The van der Waals surface area contributed by atoms with Crippen molar-refractivity contribution in [3.8, 4) is 0 Å². The molecule has 0 spiro atoms. The Kier molecular flexibility index (Phi) is 6.87. The second kappa shape index (κ2) is 9.67. The Morgan fingerprint density at radius 2 is 1.75 bits per heavy atom. The Morgan fingerprint density at radius 3 is 2.36 bits per heavy atom. The van der Waals surface area contributed by atoms with Gasteiger partial charge in [0.15, 0.2) is 0 Å². The van der Waals surface area contributed by atoms with Crippen LogP contribution in [0.2, 0.25) is 5.02 Å². The monoisotopic (exact) mass is 537 g/mol. The molecule has 1 amide bonds. The van der Waals surface area contributed by atoms with Gasteiger partial charge in [-0.15, -0.1) is 0 Å². The molecule has 3 aliphatic rings. The molecular weight excluding hydrogens is 508 g/mol. The largest absolute Gasteiger partial charge is 0.337 e. The molecule has 2 aliphatic heterocycles. The number of amides is 1. The van der Waals surface area contributed by atoms with E-state index in [0.717, 1.165) is 6.07 Å². The van der Waals surface area contributed by atoms with Crippen LogP contribution in [-0.2, 0) is 14.8 Å². The van der Waals surface area contributed by atoms with Crippen LogP contribution in [0.15, 0.2) is 47.4 Å².